The zero-order chi connectivity index (χ0) is 15.2. The molecule has 21 heavy (non-hydrogen) atoms. The van der Waals surface area contributed by atoms with E-state index in [1.54, 1.807) is 31.4 Å². The molecule has 2 N–H and O–H groups in total. The van der Waals surface area contributed by atoms with Crippen molar-refractivity contribution in [2.24, 2.45) is 0 Å². The molecule has 4 amide bonds. The van der Waals surface area contributed by atoms with Crippen molar-refractivity contribution in [2.45, 2.75) is 6.54 Å². The van der Waals surface area contributed by atoms with Gasteiger partial charge in [0.05, 0.1) is 19.7 Å². The minimum Gasteiger partial charge on any atom is -0.383 e. The minimum absolute atomic E-state index is 0.0405. The predicted octanol–water partition coefficient (Wildman–Crippen LogP) is 0.115. The summed E-state index contributed by atoms with van der Waals surface area (Å²) in [6.07, 6.45) is 0. The smallest absolute Gasteiger partial charge is 0.324 e. The summed E-state index contributed by atoms with van der Waals surface area (Å²) in [5, 5.41) is 5.17. The number of carbonyl (C=O) groups is 3. The second-order valence-corrected chi connectivity index (χ2v) is 4.58. The number of imide groups is 1. The molecule has 1 heterocycles. The maximum absolute atomic E-state index is 11.8. The summed E-state index contributed by atoms with van der Waals surface area (Å²) in [4.78, 5) is 35.8. The third-order valence-corrected chi connectivity index (χ3v) is 3.09. The average molecular weight is 291 g/mol. The number of ether oxygens (including phenoxy) is 1. The van der Waals surface area contributed by atoms with Gasteiger partial charge in [-0.1, -0.05) is 12.1 Å². The molecule has 2 rings (SSSR count). The van der Waals surface area contributed by atoms with E-state index in [-0.39, 0.29) is 30.9 Å². The highest BCUT2D eigenvalue weighted by atomic mass is 16.5. The van der Waals surface area contributed by atoms with Crippen LogP contribution in [0, 0.1) is 0 Å². The van der Waals surface area contributed by atoms with E-state index in [0.29, 0.717) is 18.7 Å². The highest BCUT2D eigenvalue weighted by Gasteiger charge is 2.28. The summed E-state index contributed by atoms with van der Waals surface area (Å²) in [5.74, 6) is -0.435. The number of amides is 4. The van der Waals surface area contributed by atoms with Crippen molar-refractivity contribution in [3.05, 3.63) is 35.4 Å². The topological polar surface area (TPSA) is 87.7 Å². The second kappa shape index (κ2) is 6.85. The molecule has 1 saturated heterocycles. The third kappa shape index (κ3) is 3.79. The highest BCUT2D eigenvalue weighted by molar-refractivity contribution is 6.01. The van der Waals surface area contributed by atoms with Gasteiger partial charge in [-0.05, 0) is 17.7 Å². The van der Waals surface area contributed by atoms with Gasteiger partial charge in [0.2, 0.25) is 5.91 Å². The lowest BCUT2D eigenvalue weighted by Crippen LogP contribution is -2.30. The van der Waals surface area contributed by atoms with Crippen LogP contribution in [-0.2, 0) is 16.1 Å². The van der Waals surface area contributed by atoms with Crippen LogP contribution in [0.1, 0.15) is 15.9 Å². The predicted molar refractivity (Wildman–Crippen MR) is 74.6 cm³/mol. The molecule has 0 aliphatic carbocycles. The van der Waals surface area contributed by atoms with Crippen LogP contribution in [0.2, 0.25) is 0 Å². The summed E-state index contributed by atoms with van der Waals surface area (Å²) in [5.41, 5.74) is 1.31. The Morgan fingerprint density at radius 1 is 1.33 bits per heavy atom. The van der Waals surface area contributed by atoms with Crippen LogP contribution in [0.25, 0.3) is 0 Å². The number of methoxy groups -OCH3 is 1. The molecule has 1 aromatic carbocycles. The Kier molecular flexibility index (Phi) is 4.89. The van der Waals surface area contributed by atoms with Crippen LogP contribution in [0.4, 0.5) is 4.79 Å². The number of carbonyl (C=O) groups excluding carboxylic acids is 3. The van der Waals surface area contributed by atoms with E-state index in [2.05, 4.69) is 10.6 Å². The fourth-order valence-corrected chi connectivity index (χ4v) is 1.93. The Morgan fingerprint density at radius 3 is 2.62 bits per heavy atom. The molecule has 7 heteroatoms. The van der Waals surface area contributed by atoms with Gasteiger partial charge >= 0.3 is 6.03 Å². The van der Waals surface area contributed by atoms with Crippen molar-refractivity contribution in [3.63, 3.8) is 0 Å². The van der Waals surface area contributed by atoms with Gasteiger partial charge in [-0.15, -0.1) is 0 Å². The number of benzene rings is 1. The molecule has 1 aromatic rings. The SMILES string of the molecule is COCCNC(=O)c1ccc(CN2C(=O)CNC2=O)cc1. The fourth-order valence-electron chi connectivity index (χ4n) is 1.93. The number of rotatable bonds is 6. The number of hydrogen-bond acceptors (Lipinski definition) is 4. The van der Waals surface area contributed by atoms with Crippen LogP contribution >= 0.6 is 0 Å². The van der Waals surface area contributed by atoms with Gasteiger partial charge in [-0.2, -0.15) is 0 Å². The highest BCUT2D eigenvalue weighted by Crippen LogP contribution is 2.10. The zero-order valence-electron chi connectivity index (χ0n) is 11.7. The first-order valence-corrected chi connectivity index (χ1v) is 6.56. The molecule has 1 aliphatic heterocycles. The lowest BCUT2D eigenvalue weighted by Gasteiger charge is -2.12. The van der Waals surface area contributed by atoms with Crippen LogP contribution in [0.3, 0.4) is 0 Å². The largest absolute Gasteiger partial charge is 0.383 e. The Labute approximate surface area is 122 Å². The number of urea groups is 1. The molecular weight excluding hydrogens is 274 g/mol. The number of hydrogen-bond donors (Lipinski definition) is 2. The Bertz CT molecular complexity index is 526. The molecule has 0 saturated carbocycles. The first kappa shape index (κ1) is 15.0. The maximum atomic E-state index is 11.8. The summed E-state index contributed by atoms with van der Waals surface area (Å²) in [6.45, 7) is 1.14. The maximum Gasteiger partial charge on any atom is 0.324 e. The van der Waals surface area contributed by atoms with Crippen molar-refractivity contribution < 1.29 is 19.1 Å². The van der Waals surface area contributed by atoms with E-state index in [1.807, 2.05) is 0 Å². The molecular formula is C14H17N3O4. The summed E-state index contributed by atoms with van der Waals surface area (Å²) >= 11 is 0. The van der Waals surface area contributed by atoms with E-state index in [4.69, 9.17) is 4.74 Å². The molecule has 0 aromatic heterocycles. The Balaban J connectivity index is 1.94. The minimum atomic E-state index is -0.388. The van der Waals surface area contributed by atoms with E-state index >= 15 is 0 Å². The summed E-state index contributed by atoms with van der Waals surface area (Å²) < 4.78 is 4.85. The normalized spacial score (nSPS) is 14.2. The van der Waals surface area contributed by atoms with Gasteiger partial charge in [0, 0.05) is 19.2 Å². The van der Waals surface area contributed by atoms with Crippen molar-refractivity contribution in [3.8, 4) is 0 Å². The van der Waals surface area contributed by atoms with E-state index in [9.17, 15) is 14.4 Å². The average Bonchev–Trinajstić information content (AvgIpc) is 2.80. The quantitative estimate of drug-likeness (QED) is 0.575. The zero-order valence-corrected chi connectivity index (χ0v) is 11.7. The monoisotopic (exact) mass is 291 g/mol. The third-order valence-electron chi connectivity index (χ3n) is 3.09. The van der Waals surface area contributed by atoms with Crippen LogP contribution in [0.5, 0.6) is 0 Å². The van der Waals surface area contributed by atoms with Crippen LogP contribution in [-0.4, -0.2) is 49.6 Å². The second-order valence-electron chi connectivity index (χ2n) is 4.58. The molecule has 1 aliphatic rings. The number of nitrogens with one attached hydrogen (secondary N) is 2. The van der Waals surface area contributed by atoms with Crippen molar-refractivity contribution in [1.29, 1.82) is 0 Å². The first-order valence-electron chi connectivity index (χ1n) is 6.56. The van der Waals surface area contributed by atoms with Gasteiger partial charge in [-0.3, -0.25) is 14.5 Å². The summed E-state index contributed by atoms with van der Waals surface area (Å²) in [7, 11) is 1.57. The Morgan fingerprint density at radius 2 is 2.05 bits per heavy atom. The first-order chi connectivity index (χ1) is 10.1. The van der Waals surface area contributed by atoms with Crippen molar-refractivity contribution in [1.82, 2.24) is 15.5 Å². The van der Waals surface area contributed by atoms with Crippen molar-refractivity contribution >= 4 is 17.8 Å². The molecule has 112 valence electrons. The lowest BCUT2D eigenvalue weighted by atomic mass is 10.1. The van der Waals surface area contributed by atoms with E-state index < -0.39 is 0 Å². The fraction of sp³-hybridized carbons (Fsp3) is 0.357. The van der Waals surface area contributed by atoms with Crippen LogP contribution in [0.15, 0.2) is 24.3 Å². The summed E-state index contributed by atoms with van der Waals surface area (Å²) in [6, 6.07) is 6.39. The van der Waals surface area contributed by atoms with Gasteiger partial charge in [-0.25, -0.2) is 4.79 Å². The molecule has 7 nitrogen and oxygen atoms in total. The molecule has 1 fully saturated rings. The molecule has 0 radical (unpaired) electrons. The van der Waals surface area contributed by atoms with Crippen molar-refractivity contribution in [2.75, 3.05) is 26.8 Å². The van der Waals surface area contributed by atoms with E-state index in [0.717, 1.165) is 10.5 Å². The Hall–Kier alpha value is -2.41. The van der Waals surface area contributed by atoms with Crippen LogP contribution < -0.4 is 10.6 Å². The van der Waals surface area contributed by atoms with Gasteiger partial charge in [0.15, 0.2) is 0 Å². The van der Waals surface area contributed by atoms with Gasteiger partial charge in [0.1, 0.15) is 0 Å². The molecule has 0 bridgehead atoms. The number of nitrogens with zero attached hydrogens (tertiary/aromatic N) is 1. The lowest BCUT2D eigenvalue weighted by molar-refractivity contribution is -0.125. The van der Waals surface area contributed by atoms with E-state index in [1.165, 1.54) is 0 Å². The van der Waals surface area contributed by atoms with Gasteiger partial charge < -0.3 is 15.4 Å². The standard InChI is InChI=1S/C14H17N3O4/c1-21-7-6-15-13(19)11-4-2-10(3-5-11)9-17-12(18)8-16-14(17)20/h2-5H,6-9H2,1H3,(H,15,19)(H,16,20). The van der Waals surface area contributed by atoms with Gasteiger partial charge in [0.25, 0.3) is 5.91 Å². The molecule has 0 atom stereocenters. The molecule has 0 spiro atoms. The molecule has 0 unspecified atom stereocenters.